The van der Waals surface area contributed by atoms with E-state index in [-0.39, 0.29) is 6.09 Å². The first-order valence-corrected chi connectivity index (χ1v) is 6.31. The molecule has 1 atom stereocenters. The van der Waals surface area contributed by atoms with Crippen molar-refractivity contribution >= 4 is 12.4 Å². The van der Waals surface area contributed by atoms with Crippen LogP contribution in [0.1, 0.15) is 40.0 Å². The maximum absolute atomic E-state index is 11.9. The Kier molecular flexibility index (Phi) is 4.73. The standard InChI is InChI=1S/C13H23NO4/c1-12(2,3)18-11(16)14-8-5-6-13(10-15,17-4)7-9-14/h10H,5-9H2,1-4H3. The zero-order valence-electron chi connectivity index (χ0n) is 11.7. The van der Waals surface area contributed by atoms with Gasteiger partial charge < -0.3 is 19.2 Å². The van der Waals surface area contributed by atoms with Crippen LogP contribution in [-0.2, 0) is 14.3 Å². The molecule has 0 radical (unpaired) electrons. The monoisotopic (exact) mass is 257 g/mol. The molecular weight excluding hydrogens is 234 g/mol. The second kappa shape index (κ2) is 5.69. The van der Waals surface area contributed by atoms with Crippen molar-refractivity contribution < 1.29 is 19.1 Å². The Labute approximate surface area is 108 Å². The van der Waals surface area contributed by atoms with E-state index in [1.165, 1.54) is 7.11 Å². The third-order valence-electron chi connectivity index (χ3n) is 3.11. The fourth-order valence-electron chi connectivity index (χ4n) is 2.01. The Balaban J connectivity index is 2.62. The molecule has 0 N–H and O–H groups in total. The van der Waals surface area contributed by atoms with Gasteiger partial charge in [-0.15, -0.1) is 0 Å². The number of carbonyl (C=O) groups excluding carboxylic acids is 2. The number of nitrogens with zero attached hydrogens (tertiary/aromatic N) is 1. The fraction of sp³-hybridized carbons (Fsp3) is 0.846. The number of rotatable bonds is 2. The highest BCUT2D eigenvalue weighted by molar-refractivity contribution is 5.69. The molecule has 1 heterocycles. The molecular formula is C13H23NO4. The van der Waals surface area contributed by atoms with E-state index in [4.69, 9.17) is 9.47 Å². The summed E-state index contributed by atoms with van der Waals surface area (Å²) in [7, 11) is 1.54. The van der Waals surface area contributed by atoms with E-state index >= 15 is 0 Å². The molecule has 0 aromatic carbocycles. The van der Waals surface area contributed by atoms with Crippen LogP contribution in [0.25, 0.3) is 0 Å². The first kappa shape index (κ1) is 15.0. The summed E-state index contributed by atoms with van der Waals surface area (Å²) in [6.07, 6.45) is 2.44. The van der Waals surface area contributed by atoms with Crippen molar-refractivity contribution in [3.63, 3.8) is 0 Å². The lowest BCUT2D eigenvalue weighted by Crippen LogP contribution is -2.39. The van der Waals surface area contributed by atoms with Crippen LogP contribution in [-0.4, -0.2) is 48.7 Å². The summed E-state index contributed by atoms with van der Waals surface area (Å²) in [6.45, 7) is 6.62. The van der Waals surface area contributed by atoms with Crippen LogP contribution in [0.15, 0.2) is 0 Å². The molecule has 0 bridgehead atoms. The van der Waals surface area contributed by atoms with E-state index < -0.39 is 11.2 Å². The second-order valence-corrected chi connectivity index (χ2v) is 5.71. The van der Waals surface area contributed by atoms with E-state index in [1.54, 1.807) is 4.90 Å². The summed E-state index contributed by atoms with van der Waals surface area (Å²) >= 11 is 0. The fourth-order valence-corrected chi connectivity index (χ4v) is 2.01. The van der Waals surface area contributed by atoms with Crippen molar-refractivity contribution in [2.75, 3.05) is 20.2 Å². The van der Waals surface area contributed by atoms with E-state index in [1.807, 2.05) is 20.8 Å². The van der Waals surface area contributed by atoms with E-state index in [2.05, 4.69) is 0 Å². The van der Waals surface area contributed by atoms with Crippen molar-refractivity contribution in [2.45, 2.75) is 51.2 Å². The average molecular weight is 257 g/mol. The van der Waals surface area contributed by atoms with E-state index in [0.717, 1.165) is 12.7 Å². The molecule has 104 valence electrons. The Hall–Kier alpha value is -1.10. The predicted octanol–water partition coefficient (Wildman–Crippen LogP) is 1.99. The van der Waals surface area contributed by atoms with Gasteiger partial charge in [0.1, 0.15) is 11.2 Å². The Morgan fingerprint density at radius 2 is 1.94 bits per heavy atom. The minimum Gasteiger partial charge on any atom is -0.444 e. The molecule has 1 amide bonds. The van der Waals surface area contributed by atoms with Gasteiger partial charge >= 0.3 is 6.09 Å². The number of carbonyl (C=O) groups is 2. The molecule has 0 saturated carbocycles. The average Bonchev–Trinajstić information content (AvgIpc) is 2.49. The summed E-state index contributed by atoms with van der Waals surface area (Å²) < 4.78 is 10.6. The van der Waals surface area contributed by atoms with Crippen LogP contribution in [0, 0.1) is 0 Å². The Morgan fingerprint density at radius 1 is 1.28 bits per heavy atom. The first-order chi connectivity index (χ1) is 8.32. The lowest BCUT2D eigenvalue weighted by Gasteiger charge is -2.27. The maximum Gasteiger partial charge on any atom is 0.410 e. The molecule has 0 aromatic heterocycles. The zero-order chi connectivity index (χ0) is 13.8. The number of methoxy groups -OCH3 is 1. The molecule has 0 spiro atoms. The topological polar surface area (TPSA) is 55.8 Å². The number of aldehydes is 1. The minimum atomic E-state index is -0.739. The van der Waals surface area contributed by atoms with Crippen LogP contribution in [0.2, 0.25) is 0 Å². The van der Waals surface area contributed by atoms with Crippen LogP contribution in [0.4, 0.5) is 4.79 Å². The van der Waals surface area contributed by atoms with E-state index in [0.29, 0.717) is 25.9 Å². The Bertz CT molecular complexity index is 311. The van der Waals surface area contributed by atoms with Crippen molar-refractivity contribution in [2.24, 2.45) is 0 Å². The number of hydrogen-bond donors (Lipinski definition) is 0. The molecule has 5 heteroatoms. The molecule has 1 unspecified atom stereocenters. The lowest BCUT2D eigenvalue weighted by molar-refractivity contribution is -0.129. The molecule has 0 aliphatic carbocycles. The highest BCUT2D eigenvalue weighted by Gasteiger charge is 2.34. The molecule has 1 aliphatic heterocycles. The van der Waals surface area contributed by atoms with Gasteiger partial charge in [-0.3, -0.25) is 0 Å². The maximum atomic E-state index is 11.9. The van der Waals surface area contributed by atoms with Gasteiger partial charge in [0.15, 0.2) is 6.29 Å². The summed E-state index contributed by atoms with van der Waals surface area (Å²) in [5, 5.41) is 0. The second-order valence-electron chi connectivity index (χ2n) is 5.71. The SMILES string of the molecule is COC1(C=O)CCCN(C(=O)OC(C)(C)C)CC1. The number of ether oxygens (including phenoxy) is 2. The minimum absolute atomic E-state index is 0.319. The van der Waals surface area contributed by atoms with Crippen molar-refractivity contribution in [3.05, 3.63) is 0 Å². The predicted molar refractivity (Wildman–Crippen MR) is 67.5 cm³/mol. The molecule has 5 nitrogen and oxygen atoms in total. The van der Waals surface area contributed by atoms with Gasteiger partial charge in [-0.2, -0.15) is 0 Å². The quantitative estimate of drug-likeness (QED) is 0.710. The number of hydrogen-bond acceptors (Lipinski definition) is 4. The van der Waals surface area contributed by atoms with Crippen LogP contribution < -0.4 is 0 Å². The summed E-state index contributed by atoms with van der Waals surface area (Å²) in [5.41, 5.74) is -1.23. The molecule has 0 aromatic rings. The van der Waals surface area contributed by atoms with Gasteiger partial charge in [0.25, 0.3) is 0 Å². The normalized spacial score (nSPS) is 25.4. The van der Waals surface area contributed by atoms with Crippen molar-refractivity contribution in [3.8, 4) is 0 Å². The zero-order valence-corrected chi connectivity index (χ0v) is 11.7. The molecule has 18 heavy (non-hydrogen) atoms. The van der Waals surface area contributed by atoms with Crippen molar-refractivity contribution in [1.82, 2.24) is 4.90 Å². The third-order valence-corrected chi connectivity index (χ3v) is 3.11. The van der Waals surface area contributed by atoms with Gasteiger partial charge in [0.2, 0.25) is 0 Å². The molecule has 1 aliphatic rings. The van der Waals surface area contributed by atoms with Gasteiger partial charge in [0, 0.05) is 26.6 Å². The molecule has 1 rings (SSSR count). The van der Waals surface area contributed by atoms with Gasteiger partial charge in [0.05, 0.1) is 0 Å². The number of amides is 1. The highest BCUT2D eigenvalue weighted by Crippen LogP contribution is 2.24. The molecule has 1 saturated heterocycles. The lowest BCUT2D eigenvalue weighted by atomic mass is 9.97. The van der Waals surface area contributed by atoms with E-state index in [9.17, 15) is 9.59 Å². The summed E-state index contributed by atoms with van der Waals surface area (Å²) in [5.74, 6) is 0. The Morgan fingerprint density at radius 3 is 2.44 bits per heavy atom. The van der Waals surface area contributed by atoms with Gasteiger partial charge in [-0.05, 0) is 33.6 Å². The van der Waals surface area contributed by atoms with Crippen LogP contribution in [0.5, 0.6) is 0 Å². The van der Waals surface area contributed by atoms with Crippen LogP contribution in [0.3, 0.4) is 0 Å². The highest BCUT2D eigenvalue weighted by atomic mass is 16.6. The van der Waals surface area contributed by atoms with Crippen LogP contribution >= 0.6 is 0 Å². The van der Waals surface area contributed by atoms with Crippen molar-refractivity contribution in [1.29, 1.82) is 0 Å². The summed E-state index contributed by atoms with van der Waals surface area (Å²) in [4.78, 5) is 24.7. The third kappa shape index (κ3) is 3.98. The van der Waals surface area contributed by atoms with Gasteiger partial charge in [-0.25, -0.2) is 4.79 Å². The number of likely N-dealkylation sites (tertiary alicyclic amines) is 1. The van der Waals surface area contributed by atoms with Gasteiger partial charge in [-0.1, -0.05) is 0 Å². The molecule has 1 fully saturated rings. The summed E-state index contributed by atoms with van der Waals surface area (Å²) in [6, 6.07) is 0. The first-order valence-electron chi connectivity index (χ1n) is 6.31. The largest absolute Gasteiger partial charge is 0.444 e. The smallest absolute Gasteiger partial charge is 0.410 e.